The maximum Gasteiger partial charge on any atom is 0.245 e. The number of carbonyl (C=O) groups excluding carboxylic acids is 5. The number of nitrogens with zero attached hydrogens (tertiary/aromatic N) is 2. The van der Waals surface area contributed by atoms with Gasteiger partial charge < -0.3 is 19.9 Å². The van der Waals surface area contributed by atoms with Gasteiger partial charge >= 0.3 is 0 Å². The highest BCUT2D eigenvalue weighted by Crippen LogP contribution is 2.47. The lowest BCUT2D eigenvalue weighted by Gasteiger charge is -2.58. The minimum Gasteiger partial charge on any atom is -0.492 e. The van der Waals surface area contributed by atoms with Crippen LogP contribution in [-0.2, 0) is 33.4 Å². The van der Waals surface area contributed by atoms with E-state index in [4.69, 9.17) is 9.47 Å². The quantitative estimate of drug-likeness (QED) is 0.445. The first kappa shape index (κ1) is 26.2. The van der Waals surface area contributed by atoms with Gasteiger partial charge in [-0.15, -0.1) is 0 Å². The zero-order chi connectivity index (χ0) is 27.6. The van der Waals surface area contributed by atoms with Crippen molar-refractivity contribution in [3.63, 3.8) is 0 Å². The molecule has 1 fully saturated rings. The molecular weight excluding hydrogens is 494 g/mol. The number of fused-ring (bicyclic) bond motifs is 5. The van der Waals surface area contributed by atoms with E-state index in [9.17, 15) is 29.1 Å². The normalized spacial score (nSPS) is 29.9. The molecular formula is C27H31N3O8. The molecule has 2 bridgehead atoms. The van der Waals surface area contributed by atoms with Gasteiger partial charge in [0.1, 0.15) is 6.61 Å². The molecule has 0 aromatic heterocycles. The lowest BCUT2D eigenvalue weighted by molar-refractivity contribution is -0.126. The van der Waals surface area contributed by atoms with Crippen molar-refractivity contribution in [1.82, 2.24) is 15.1 Å². The highest BCUT2D eigenvalue weighted by molar-refractivity contribution is 6.26. The first-order chi connectivity index (χ1) is 18.1. The summed E-state index contributed by atoms with van der Waals surface area (Å²) in [6.45, 7) is 2.84. The van der Waals surface area contributed by atoms with E-state index in [-0.39, 0.29) is 64.6 Å². The molecule has 1 saturated heterocycles. The molecule has 0 radical (unpaired) electrons. The second kappa shape index (κ2) is 9.40. The molecule has 2 aliphatic carbocycles. The fourth-order valence-electron chi connectivity index (χ4n) is 6.80. The lowest BCUT2D eigenvalue weighted by Crippen LogP contribution is -2.71. The summed E-state index contributed by atoms with van der Waals surface area (Å²) in [4.78, 5) is 70.2. The van der Waals surface area contributed by atoms with Crippen LogP contribution in [0, 0.1) is 0 Å². The molecule has 11 nitrogen and oxygen atoms in total. The van der Waals surface area contributed by atoms with E-state index in [0.717, 1.165) is 0 Å². The molecule has 2 N–H and O–H groups in total. The van der Waals surface area contributed by atoms with Crippen molar-refractivity contribution in [2.24, 2.45) is 0 Å². The van der Waals surface area contributed by atoms with Crippen LogP contribution in [0.4, 0.5) is 0 Å². The van der Waals surface area contributed by atoms with Gasteiger partial charge in [0.2, 0.25) is 17.5 Å². The number of nitrogens with one attached hydrogen (secondary N) is 1. The Morgan fingerprint density at radius 2 is 1.47 bits per heavy atom. The predicted molar refractivity (Wildman–Crippen MR) is 132 cm³/mol. The number of ketones is 4. The Kier molecular flexibility index (Phi) is 6.49. The summed E-state index contributed by atoms with van der Waals surface area (Å²) in [6, 6.07) is -1.80. The van der Waals surface area contributed by atoms with Gasteiger partial charge in [0.25, 0.3) is 0 Å². The number of piperazine rings is 1. The smallest absolute Gasteiger partial charge is 0.245 e. The average molecular weight is 526 g/mol. The fraction of sp³-hybridized carbons (Fsp3) is 0.519. The highest BCUT2D eigenvalue weighted by atomic mass is 16.5. The maximum absolute atomic E-state index is 13.7. The van der Waals surface area contributed by atoms with Gasteiger partial charge in [-0.2, -0.15) is 0 Å². The van der Waals surface area contributed by atoms with Crippen LogP contribution in [0.3, 0.4) is 0 Å². The van der Waals surface area contributed by atoms with Crippen LogP contribution in [0.25, 0.3) is 0 Å². The Morgan fingerprint density at radius 3 is 2.03 bits per heavy atom. The van der Waals surface area contributed by atoms with E-state index < -0.39 is 36.4 Å². The molecule has 3 heterocycles. The van der Waals surface area contributed by atoms with Crippen LogP contribution < -0.4 is 5.32 Å². The fourth-order valence-corrected chi connectivity index (χ4v) is 6.80. The van der Waals surface area contributed by atoms with Gasteiger partial charge in [-0.05, 0) is 33.7 Å². The first-order valence-electron chi connectivity index (χ1n) is 12.6. The standard InChI is InChI=1S/C27H31N3O8/c1-11-22(33)14-6-13-9-30-16(21(29(13)3)20(14)25(36)27(11)38-5)7-15-19(17(30)8-28-18(32)10-31)24(35)26(37-4)12(2)23(15)34/h13,16-17,21,31H,6-10H2,1-5H3,(H,28,32). The molecule has 1 amide bonds. The Hall–Kier alpha value is -3.41. The SMILES string of the molecule is COC1=C(C)C(=O)C2=C(C1=O)C1C3CC4=C(C(=O)C(OC)=C(C)C4=O)C(CNC(=O)CO)N3CC(C2)N1C. The van der Waals surface area contributed by atoms with Crippen LogP contribution >= 0.6 is 0 Å². The minimum absolute atomic E-state index is 0.0198. The van der Waals surface area contributed by atoms with Crippen molar-refractivity contribution in [1.29, 1.82) is 0 Å². The molecule has 11 heteroatoms. The summed E-state index contributed by atoms with van der Waals surface area (Å²) in [5.41, 5.74) is 1.93. The summed E-state index contributed by atoms with van der Waals surface area (Å²) in [5, 5.41) is 11.9. The molecule has 38 heavy (non-hydrogen) atoms. The third kappa shape index (κ3) is 3.56. The summed E-state index contributed by atoms with van der Waals surface area (Å²) in [5.74, 6) is -1.89. The van der Waals surface area contributed by atoms with E-state index in [2.05, 4.69) is 15.1 Å². The molecule has 0 spiro atoms. The zero-order valence-corrected chi connectivity index (χ0v) is 22.0. The third-order valence-corrected chi connectivity index (χ3v) is 8.62. The van der Waals surface area contributed by atoms with Crippen molar-refractivity contribution >= 4 is 29.0 Å². The first-order valence-corrected chi connectivity index (χ1v) is 12.6. The van der Waals surface area contributed by atoms with E-state index in [0.29, 0.717) is 29.7 Å². The Balaban J connectivity index is 1.65. The van der Waals surface area contributed by atoms with E-state index in [1.807, 2.05) is 7.05 Å². The summed E-state index contributed by atoms with van der Waals surface area (Å²) >= 11 is 0. The number of hydrogen-bond acceptors (Lipinski definition) is 10. The minimum atomic E-state index is -0.719. The summed E-state index contributed by atoms with van der Waals surface area (Å²) in [6.07, 6.45) is 0.533. The lowest BCUT2D eigenvalue weighted by atomic mass is 9.69. The second-order valence-electron chi connectivity index (χ2n) is 10.3. The second-order valence-corrected chi connectivity index (χ2v) is 10.3. The van der Waals surface area contributed by atoms with Crippen LogP contribution in [0.1, 0.15) is 26.7 Å². The van der Waals surface area contributed by atoms with E-state index >= 15 is 0 Å². The third-order valence-electron chi connectivity index (χ3n) is 8.62. The van der Waals surface area contributed by atoms with Gasteiger partial charge in [0, 0.05) is 58.6 Å². The highest BCUT2D eigenvalue weighted by Gasteiger charge is 2.56. The molecule has 202 valence electrons. The Bertz CT molecular complexity index is 1320. The molecule has 4 unspecified atom stereocenters. The number of ether oxygens (including phenoxy) is 2. The predicted octanol–water partition coefficient (Wildman–Crippen LogP) is -0.638. The molecule has 5 aliphatic rings. The number of Topliss-reactive ketones (excluding diaryl/α,β-unsaturated/α-hetero) is 4. The van der Waals surface area contributed by atoms with Crippen LogP contribution in [-0.4, -0.2) is 109 Å². The van der Waals surface area contributed by atoms with E-state index in [1.165, 1.54) is 14.2 Å². The number of carbonyl (C=O) groups is 5. The molecule has 5 rings (SSSR count). The Labute approximate surface area is 219 Å². The van der Waals surface area contributed by atoms with Crippen LogP contribution in [0.5, 0.6) is 0 Å². The van der Waals surface area contributed by atoms with Crippen molar-refractivity contribution in [2.45, 2.75) is 50.9 Å². The van der Waals surface area contributed by atoms with Gasteiger partial charge in [0.15, 0.2) is 23.1 Å². The van der Waals surface area contributed by atoms with Crippen molar-refractivity contribution in [3.8, 4) is 0 Å². The van der Waals surface area contributed by atoms with Gasteiger partial charge in [0.05, 0.1) is 26.3 Å². The zero-order valence-electron chi connectivity index (χ0n) is 22.0. The van der Waals surface area contributed by atoms with Crippen LogP contribution in [0.15, 0.2) is 45.0 Å². The largest absolute Gasteiger partial charge is 0.492 e. The molecule has 0 saturated carbocycles. The molecule has 3 aliphatic heterocycles. The number of hydrogen-bond donors (Lipinski definition) is 2. The number of likely N-dealkylation sites (N-methyl/N-ethyl adjacent to an activating group) is 1. The summed E-state index contributed by atoms with van der Waals surface area (Å²) < 4.78 is 10.6. The van der Waals surface area contributed by atoms with Crippen molar-refractivity contribution in [2.75, 3.05) is 41.0 Å². The molecule has 4 atom stereocenters. The van der Waals surface area contributed by atoms with E-state index in [1.54, 1.807) is 13.8 Å². The molecule has 0 aromatic rings. The van der Waals surface area contributed by atoms with Crippen molar-refractivity contribution in [3.05, 3.63) is 45.0 Å². The number of aliphatic hydroxyl groups excluding tert-OH is 1. The molecule has 0 aromatic carbocycles. The van der Waals surface area contributed by atoms with Gasteiger partial charge in [-0.3, -0.25) is 33.8 Å². The summed E-state index contributed by atoms with van der Waals surface area (Å²) in [7, 11) is 4.61. The van der Waals surface area contributed by atoms with Gasteiger partial charge in [-0.1, -0.05) is 0 Å². The average Bonchev–Trinajstić information content (AvgIpc) is 2.89. The number of allylic oxidation sites excluding steroid dienone is 4. The monoisotopic (exact) mass is 525 g/mol. The topological polar surface area (TPSA) is 143 Å². The van der Waals surface area contributed by atoms with Gasteiger partial charge in [-0.25, -0.2) is 0 Å². The Morgan fingerprint density at radius 1 is 0.921 bits per heavy atom. The maximum atomic E-state index is 13.7. The number of amides is 1. The number of methoxy groups -OCH3 is 2. The number of aliphatic hydroxyl groups is 1. The van der Waals surface area contributed by atoms with Crippen LogP contribution in [0.2, 0.25) is 0 Å². The number of rotatable bonds is 5. The van der Waals surface area contributed by atoms with Crippen molar-refractivity contribution < 1.29 is 38.6 Å².